The number of amides is 6. The van der Waals surface area contributed by atoms with Crippen LogP contribution in [-0.4, -0.2) is 88.8 Å². The van der Waals surface area contributed by atoms with E-state index in [4.69, 9.17) is 0 Å². The van der Waals surface area contributed by atoms with Gasteiger partial charge in [0.25, 0.3) is 5.91 Å². The van der Waals surface area contributed by atoms with Gasteiger partial charge in [0.1, 0.15) is 24.2 Å². The Morgan fingerprint density at radius 1 is 0.917 bits per heavy atom. The van der Waals surface area contributed by atoms with E-state index in [0.717, 1.165) is 17.0 Å². The average Bonchev–Trinajstić information content (AvgIpc) is 3.47. The summed E-state index contributed by atoms with van der Waals surface area (Å²) in [5.74, 6) is -6.75. The number of carbonyl (C=O) groups is 6. The van der Waals surface area contributed by atoms with Crippen LogP contribution in [0.4, 0.5) is 8.78 Å². The van der Waals surface area contributed by atoms with Crippen LogP contribution in [0.1, 0.15) is 62.0 Å². The fourth-order valence-electron chi connectivity index (χ4n) is 5.75. The standard InChI is InChI=1S/C33H40F2N6O7/c1-17(2)11-25-31(46)40-26(16-42)33(48)41-15-21(37-30(45)20-9-10-22(34)23(35)12-20)13-27(41)32(47)36-18(3)29(44)39-24(14-28(43)38-25)19-7-5-4-6-8-19/h4-10,12,17-18,21,24-27,42H,11,13-16H2,1-3H3,(H,36,47)(H,37,45)(H,38,43)(H,39,44)(H,40,46)/t18-,21-,24-,25-,26-,27-/m0/s1. The molecular formula is C33H40F2N6O7. The molecule has 2 fully saturated rings. The van der Waals surface area contributed by atoms with Crippen LogP contribution in [-0.2, 0) is 24.0 Å². The molecular weight excluding hydrogens is 630 g/mol. The molecule has 2 aliphatic heterocycles. The molecule has 2 aromatic rings. The third-order valence-electron chi connectivity index (χ3n) is 8.22. The van der Waals surface area contributed by atoms with E-state index < -0.39 is 89.9 Å². The number of hydrogen-bond donors (Lipinski definition) is 6. The smallest absolute Gasteiger partial charge is 0.251 e. The SMILES string of the molecule is CC(C)C[C@@H]1NC(=O)C[C@@H](c2ccccc2)NC(=O)[C@H](C)NC(=O)[C@@H]2C[C@H](NC(=O)c3ccc(F)c(F)c3)CN2C(=O)[C@H](CO)NC1=O. The first-order valence-corrected chi connectivity index (χ1v) is 15.7. The number of carbonyl (C=O) groups excluding carboxylic acids is 6. The summed E-state index contributed by atoms with van der Waals surface area (Å²) in [4.78, 5) is 81.4. The first kappa shape index (κ1) is 35.9. The molecule has 0 unspecified atom stereocenters. The number of hydrogen-bond acceptors (Lipinski definition) is 7. The molecule has 6 amide bonds. The molecule has 0 spiro atoms. The third kappa shape index (κ3) is 8.91. The second kappa shape index (κ2) is 15.8. The lowest BCUT2D eigenvalue weighted by Gasteiger charge is -2.30. The largest absolute Gasteiger partial charge is 0.394 e. The van der Waals surface area contributed by atoms with Crippen molar-refractivity contribution in [3.8, 4) is 0 Å². The molecule has 13 nitrogen and oxygen atoms in total. The summed E-state index contributed by atoms with van der Waals surface area (Å²) in [5.41, 5.74) is 0.417. The van der Waals surface area contributed by atoms with Gasteiger partial charge < -0.3 is 36.6 Å². The fraction of sp³-hybridized carbons (Fsp3) is 0.455. The number of rotatable bonds is 6. The van der Waals surface area contributed by atoms with Gasteiger partial charge in [0, 0.05) is 18.2 Å². The molecule has 2 saturated heterocycles. The van der Waals surface area contributed by atoms with Gasteiger partial charge in [-0.05, 0) is 49.4 Å². The summed E-state index contributed by atoms with van der Waals surface area (Å²) in [6, 6.07) is 4.59. The van der Waals surface area contributed by atoms with Crippen LogP contribution < -0.4 is 26.6 Å². The summed E-state index contributed by atoms with van der Waals surface area (Å²) in [6.45, 7) is 4.00. The predicted octanol–water partition coefficient (Wildman–Crippen LogP) is 0.438. The molecule has 6 N–H and O–H groups in total. The summed E-state index contributed by atoms with van der Waals surface area (Å²) in [5, 5.41) is 23.3. The summed E-state index contributed by atoms with van der Waals surface area (Å²) >= 11 is 0. The highest BCUT2D eigenvalue weighted by molar-refractivity contribution is 5.97. The highest BCUT2D eigenvalue weighted by Gasteiger charge is 2.43. The highest BCUT2D eigenvalue weighted by Crippen LogP contribution is 2.22. The summed E-state index contributed by atoms with van der Waals surface area (Å²) in [6.07, 6.45) is -0.182. The minimum Gasteiger partial charge on any atom is -0.394 e. The van der Waals surface area contributed by atoms with Crippen LogP contribution in [0.25, 0.3) is 0 Å². The average molecular weight is 671 g/mol. The highest BCUT2D eigenvalue weighted by atomic mass is 19.2. The monoisotopic (exact) mass is 670 g/mol. The van der Waals surface area contributed by atoms with Crippen molar-refractivity contribution in [2.45, 2.75) is 76.3 Å². The van der Waals surface area contributed by atoms with Crippen molar-refractivity contribution in [1.29, 1.82) is 0 Å². The normalized spacial score (nSPS) is 25.9. The Bertz CT molecular complexity index is 1540. The van der Waals surface area contributed by atoms with Gasteiger partial charge in [-0.2, -0.15) is 0 Å². The van der Waals surface area contributed by atoms with Crippen molar-refractivity contribution >= 4 is 35.4 Å². The maximum atomic E-state index is 13.8. The lowest BCUT2D eigenvalue weighted by atomic mass is 10.00. The topological polar surface area (TPSA) is 186 Å². The van der Waals surface area contributed by atoms with Gasteiger partial charge in [0.05, 0.1) is 19.1 Å². The lowest BCUT2D eigenvalue weighted by Crippen LogP contribution is -2.59. The van der Waals surface area contributed by atoms with Crippen molar-refractivity contribution in [3.63, 3.8) is 0 Å². The molecule has 2 aromatic carbocycles. The van der Waals surface area contributed by atoms with Gasteiger partial charge in [0.2, 0.25) is 29.5 Å². The Labute approximate surface area is 276 Å². The molecule has 6 atom stereocenters. The van der Waals surface area contributed by atoms with E-state index in [1.165, 1.54) is 6.92 Å². The van der Waals surface area contributed by atoms with Gasteiger partial charge in [-0.1, -0.05) is 44.2 Å². The summed E-state index contributed by atoms with van der Waals surface area (Å²) < 4.78 is 27.2. The van der Waals surface area contributed by atoms with E-state index in [1.807, 2.05) is 13.8 Å². The Balaban J connectivity index is 1.65. The molecule has 258 valence electrons. The van der Waals surface area contributed by atoms with Crippen LogP contribution in [0.15, 0.2) is 48.5 Å². The van der Waals surface area contributed by atoms with E-state index in [-0.39, 0.29) is 37.3 Å². The predicted molar refractivity (Wildman–Crippen MR) is 168 cm³/mol. The first-order valence-electron chi connectivity index (χ1n) is 15.7. The van der Waals surface area contributed by atoms with Crippen LogP contribution in [0.5, 0.6) is 0 Å². The summed E-state index contributed by atoms with van der Waals surface area (Å²) in [7, 11) is 0. The van der Waals surface area contributed by atoms with Crippen LogP contribution in [0.3, 0.4) is 0 Å². The number of nitrogens with zero attached hydrogens (tertiary/aromatic N) is 1. The van der Waals surface area contributed by atoms with E-state index >= 15 is 0 Å². The van der Waals surface area contributed by atoms with Crippen LogP contribution in [0.2, 0.25) is 0 Å². The van der Waals surface area contributed by atoms with Gasteiger partial charge in [-0.25, -0.2) is 8.78 Å². The maximum Gasteiger partial charge on any atom is 0.251 e. The van der Waals surface area contributed by atoms with E-state index in [1.54, 1.807) is 30.3 Å². The van der Waals surface area contributed by atoms with E-state index in [0.29, 0.717) is 11.6 Å². The number of fused-ring (bicyclic) bond motifs is 1. The minimum absolute atomic E-state index is 0.0639. The molecule has 2 aliphatic rings. The van der Waals surface area contributed by atoms with Gasteiger partial charge in [-0.3, -0.25) is 28.8 Å². The van der Waals surface area contributed by atoms with Crippen LogP contribution >= 0.6 is 0 Å². The number of halogens is 2. The third-order valence-corrected chi connectivity index (χ3v) is 8.22. The first-order chi connectivity index (χ1) is 22.8. The quantitative estimate of drug-likeness (QED) is 0.257. The second-order valence-electron chi connectivity index (χ2n) is 12.4. The Kier molecular flexibility index (Phi) is 11.8. The number of aliphatic hydroxyl groups excluding tert-OH is 1. The molecule has 2 heterocycles. The van der Waals surface area contributed by atoms with E-state index in [2.05, 4.69) is 26.6 Å². The van der Waals surface area contributed by atoms with Crippen molar-refractivity contribution < 1.29 is 42.7 Å². The second-order valence-corrected chi connectivity index (χ2v) is 12.4. The zero-order chi connectivity index (χ0) is 35.1. The zero-order valence-corrected chi connectivity index (χ0v) is 26.8. The van der Waals surface area contributed by atoms with Crippen molar-refractivity contribution in [1.82, 2.24) is 31.5 Å². The van der Waals surface area contributed by atoms with Gasteiger partial charge in [-0.15, -0.1) is 0 Å². The zero-order valence-electron chi connectivity index (χ0n) is 26.8. The molecule has 4 rings (SSSR count). The Hall–Kier alpha value is -4.92. The molecule has 0 aromatic heterocycles. The molecule has 48 heavy (non-hydrogen) atoms. The Morgan fingerprint density at radius 2 is 1.62 bits per heavy atom. The Morgan fingerprint density at radius 3 is 2.27 bits per heavy atom. The van der Waals surface area contributed by atoms with Crippen molar-refractivity contribution in [3.05, 3.63) is 71.3 Å². The molecule has 0 aliphatic carbocycles. The van der Waals surface area contributed by atoms with Gasteiger partial charge >= 0.3 is 0 Å². The molecule has 0 radical (unpaired) electrons. The number of benzene rings is 2. The lowest BCUT2D eigenvalue weighted by molar-refractivity contribution is -0.143. The number of nitrogens with one attached hydrogen (secondary N) is 5. The minimum atomic E-state index is -1.52. The van der Waals surface area contributed by atoms with E-state index in [9.17, 15) is 42.7 Å². The molecule has 15 heteroatoms. The van der Waals surface area contributed by atoms with Gasteiger partial charge in [0.15, 0.2) is 11.6 Å². The number of aliphatic hydroxyl groups is 1. The van der Waals surface area contributed by atoms with Crippen LogP contribution in [0, 0.1) is 17.6 Å². The molecule has 0 bridgehead atoms. The fourth-order valence-corrected chi connectivity index (χ4v) is 5.75. The van der Waals surface area contributed by atoms with Crippen molar-refractivity contribution in [2.24, 2.45) is 5.92 Å². The molecule has 0 saturated carbocycles. The van der Waals surface area contributed by atoms with Crippen molar-refractivity contribution in [2.75, 3.05) is 13.2 Å². The maximum absolute atomic E-state index is 13.8.